The SMILES string of the molecule is CCNc1cc(Cn2ccnc2C(C)C)ccn1. The number of nitrogens with one attached hydrogen (secondary N) is 1. The fourth-order valence-corrected chi connectivity index (χ4v) is 2.00. The lowest BCUT2D eigenvalue weighted by Crippen LogP contribution is -2.07. The van der Waals surface area contributed by atoms with Gasteiger partial charge < -0.3 is 9.88 Å². The summed E-state index contributed by atoms with van der Waals surface area (Å²) in [7, 11) is 0. The summed E-state index contributed by atoms with van der Waals surface area (Å²) < 4.78 is 2.19. The predicted molar refractivity (Wildman–Crippen MR) is 73.8 cm³/mol. The van der Waals surface area contributed by atoms with Gasteiger partial charge in [-0.05, 0) is 24.6 Å². The number of anilines is 1. The van der Waals surface area contributed by atoms with Gasteiger partial charge in [-0.3, -0.25) is 0 Å². The Kier molecular flexibility index (Phi) is 3.97. The molecule has 0 spiro atoms. The quantitative estimate of drug-likeness (QED) is 0.879. The highest BCUT2D eigenvalue weighted by molar-refractivity contribution is 5.37. The summed E-state index contributed by atoms with van der Waals surface area (Å²) >= 11 is 0. The number of hydrogen-bond acceptors (Lipinski definition) is 3. The molecule has 0 bridgehead atoms. The molecule has 2 aromatic rings. The molecule has 96 valence electrons. The predicted octanol–water partition coefficient (Wildman–Crippen LogP) is 2.88. The minimum atomic E-state index is 0.440. The van der Waals surface area contributed by atoms with Gasteiger partial charge in [-0.15, -0.1) is 0 Å². The molecule has 2 rings (SSSR count). The number of aromatic nitrogens is 3. The van der Waals surface area contributed by atoms with E-state index in [1.165, 1.54) is 5.56 Å². The van der Waals surface area contributed by atoms with E-state index in [2.05, 4.69) is 46.7 Å². The fourth-order valence-electron chi connectivity index (χ4n) is 2.00. The van der Waals surface area contributed by atoms with E-state index in [0.29, 0.717) is 5.92 Å². The van der Waals surface area contributed by atoms with E-state index in [9.17, 15) is 0 Å². The van der Waals surface area contributed by atoms with Gasteiger partial charge in [-0.1, -0.05) is 13.8 Å². The molecule has 0 radical (unpaired) electrons. The molecule has 0 aliphatic heterocycles. The van der Waals surface area contributed by atoms with Gasteiger partial charge >= 0.3 is 0 Å². The maximum Gasteiger partial charge on any atom is 0.126 e. The minimum Gasteiger partial charge on any atom is -0.370 e. The van der Waals surface area contributed by atoms with Gasteiger partial charge in [0.25, 0.3) is 0 Å². The van der Waals surface area contributed by atoms with E-state index in [-0.39, 0.29) is 0 Å². The average molecular weight is 244 g/mol. The zero-order chi connectivity index (χ0) is 13.0. The van der Waals surface area contributed by atoms with Gasteiger partial charge in [-0.2, -0.15) is 0 Å². The lowest BCUT2D eigenvalue weighted by atomic mass is 10.2. The Bertz CT molecular complexity index is 502. The zero-order valence-electron chi connectivity index (χ0n) is 11.2. The van der Waals surface area contributed by atoms with Crippen LogP contribution in [-0.4, -0.2) is 21.1 Å². The molecule has 0 unspecified atom stereocenters. The number of nitrogens with zero attached hydrogens (tertiary/aromatic N) is 3. The second-order valence-electron chi connectivity index (χ2n) is 4.65. The van der Waals surface area contributed by atoms with Crippen LogP contribution in [0.4, 0.5) is 5.82 Å². The van der Waals surface area contributed by atoms with E-state index < -0.39 is 0 Å². The fraction of sp³-hybridized carbons (Fsp3) is 0.429. The maximum atomic E-state index is 4.40. The van der Waals surface area contributed by atoms with E-state index in [0.717, 1.165) is 24.7 Å². The van der Waals surface area contributed by atoms with Crippen molar-refractivity contribution in [2.45, 2.75) is 33.2 Å². The van der Waals surface area contributed by atoms with Crippen LogP contribution in [0, 0.1) is 0 Å². The summed E-state index contributed by atoms with van der Waals surface area (Å²) in [5, 5.41) is 3.23. The first-order valence-electron chi connectivity index (χ1n) is 6.40. The van der Waals surface area contributed by atoms with Crippen molar-refractivity contribution in [1.82, 2.24) is 14.5 Å². The highest BCUT2D eigenvalue weighted by Gasteiger charge is 2.07. The van der Waals surface area contributed by atoms with Crippen molar-refractivity contribution in [3.05, 3.63) is 42.1 Å². The van der Waals surface area contributed by atoms with Crippen LogP contribution in [0.5, 0.6) is 0 Å². The molecule has 0 fully saturated rings. The smallest absolute Gasteiger partial charge is 0.126 e. The van der Waals surface area contributed by atoms with Crippen LogP contribution in [0.1, 0.15) is 38.1 Å². The summed E-state index contributed by atoms with van der Waals surface area (Å²) in [6.07, 6.45) is 5.74. The topological polar surface area (TPSA) is 42.7 Å². The van der Waals surface area contributed by atoms with Crippen LogP contribution >= 0.6 is 0 Å². The molecule has 0 aliphatic rings. The molecule has 0 saturated carbocycles. The Hall–Kier alpha value is -1.84. The Labute approximate surface area is 108 Å². The molecule has 0 saturated heterocycles. The third kappa shape index (κ3) is 2.88. The molecule has 0 amide bonds. The van der Waals surface area contributed by atoms with Crippen LogP contribution in [0.3, 0.4) is 0 Å². The largest absolute Gasteiger partial charge is 0.370 e. The van der Waals surface area contributed by atoms with Gasteiger partial charge in [0, 0.05) is 37.6 Å². The van der Waals surface area contributed by atoms with Gasteiger partial charge in [0.2, 0.25) is 0 Å². The highest BCUT2D eigenvalue weighted by atomic mass is 15.1. The number of hydrogen-bond donors (Lipinski definition) is 1. The van der Waals surface area contributed by atoms with Crippen molar-refractivity contribution in [2.24, 2.45) is 0 Å². The molecule has 0 atom stereocenters. The zero-order valence-corrected chi connectivity index (χ0v) is 11.2. The summed E-state index contributed by atoms with van der Waals surface area (Å²) in [5.41, 5.74) is 1.24. The molecule has 0 aliphatic carbocycles. The van der Waals surface area contributed by atoms with E-state index in [1.54, 1.807) is 0 Å². The van der Waals surface area contributed by atoms with Crippen molar-refractivity contribution >= 4 is 5.82 Å². The lowest BCUT2D eigenvalue weighted by molar-refractivity contribution is 0.669. The van der Waals surface area contributed by atoms with Gasteiger partial charge in [0.1, 0.15) is 11.6 Å². The molecule has 1 N–H and O–H groups in total. The van der Waals surface area contributed by atoms with Crippen LogP contribution in [0.15, 0.2) is 30.7 Å². The summed E-state index contributed by atoms with van der Waals surface area (Å²) in [6, 6.07) is 4.14. The van der Waals surface area contributed by atoms with Gasteiger partial charge in [-0.25, -0.2) is 9.97 Å². The second-order valence-corrected chi connectivity index (χ2v) is 4.65. The standard InChI is InChI=1S/C14H20N4/c1-4-15-13-9-12(5-6-16-13)10-18-8-7-17-14(18)11(2)3/h5-9,11H,4,10H2,1-3H3,(H,15,16). The van der Waals surface area contributed by atoms with E-state index >= 15 is 0 Å². The average Bonchev–Trinajstić information content (AvgIpc) is 2.78. The molecule has 18 heavy (non-hydrogen) atoms. The Morgan fingerprint density at radius 2 is 2.11 bits per heavy atom. The first-order chi connectivity index (χ1) is 8.70. The maximum absolute atomic E-state index is 4.40. The highest BCUT2D eigenvalue weighted by Crippen LogP contribution is 2.15. The first kappa shape index (κ1) is 12.6. The first-order valence-corrected chi connectivity index (χ1v) is 6.40. The normalized spacial score (nSPS) is 10.9. The summed E-state index contributed by atoms with van der Waals surface area (Å²) in [6.45, 7) is 8.12. The van der Waals surface area contributed by atoms with Crippen molar-refractivity contribution in [1.29, 1.82) is 0 Å². The number of imidazole rings is 1. The van der Waals surface area contributed by atoms with Crippen LogP contribution in [0.25, 0.3) is 0 Å². The third-order valence-corrected chi connectivity index (χ3v) is 2.80. The van der Waals surface area contributed by atoms with Crippen molar-refractivity contribution in [2.75, 3.05) is 11.9 Å². The molecule has 2 heterocycles. The minimum absolute atomic E-state index is 0.440. The Morgan fingerprint density at radius 1 is 1.28 bits per heavy atom. The van der Waals surface area contributed by atoms with Gasteiger partial charge in [0.05, 0.1) is 0 Å². The molecule has 4 heteroatoms. The van der Waals surface area contributed by atoms with Crippen molar-refractivity contribution in [3.8, 4) is 0 Å². The second kappa shape index (κ2) is 5.67. The monoisotopic (exact) mass is 244 g/mol. The number of rotatable bonds is 5. The number of pyridine rings is 1. The van der Waals surface area contributed by atoms with E-state index in [1.807, 2.05) is 24.7 Å². The molecule has 4 nitrogen and oxygen atoms in total. The Morgan fingerprint density at radius 3 is 2.83 bits per heavy atom. The molecule has 0 aromatic carbocycles. The van der Waals surface area contributed by atoms with Crippen molar-refractivity contribution < 1.29 is 0 Å². The van der Waals surface area contributed by atoms with Gasteiger partial charge in [0.15, 0.2) is 0 Å². The van der Waals surface area contributed by atoms with E-state index in [4.69, 9.17) is 0 Å². The van der Waals surface area contributed by atoms with Crippen LogP contribution in [-0.2, 0) is 6.54 Å². The summed E-state index contributed by atoms with van der Waals surface area (Å²) in [4.78, 5) is 8.68. The molecule has 2 aromatic heterocycles. The lowest BCUT2D eigenvalue weighted by Gasteiger charge is -2.11. The Balaban J connectivity index is 2.18. The third-order valence-electron chi connectivity index (χ3n) is 2.80. The van der Waals surface area contributed by atoms with Crippen LogP contribution in [0.2, 0.25) is 0 Å². The molecular formula is C14H20N4. The molecular weight excluding hydrogens is 224 g/mol. The van der Waals surface area contributed by atoms with Crippen molar-refractivity contribution in [3.63, 3.8) is 0 Å². The summed E-state index contributed by atoms with van der Waals surface area (Å²) in [5.74, 6) is 2.49. The van der Waals surface area contributed by atoms with Crippen LogP contribution < -0.4 is 5.32 Å².